The van der Waals surface area contributed by atoms with Gasteiger partial charge in [0, 0.05) is 6.42 Å². The van der Waals surface area contributed by atoms with Gasteiger partial charge in [-0.2, -0.15) is 0 Å². The topological polar surface area (TPSA) is 17.1 Å². The lowest BCUT2D eigenvalue weighted by atomic mass is 10.0. The Balaban J connectivity index is 2.62. The maximum absolute atomic E-state index is 11.4. The summed E-state index contributed by atoms with van der Waals surface area (Å²) in [4.78, 5) is 11.4. The Hall–Kier alpha value is -0.850. The van der Waals surface area contributed by atoms with Crippen LogP contribution in [-0.2, 0) is 4.79 Å². The maximum atomic E-state index is 11.4. The minimum Gasteiger partial charge on any atom is -0.295 e. The number of hydrogen-bond acceptors (Lipinski definition) is 1. The fraction of sp³-hybridized carbons (Fsp3) is 0.583. The molecule has 0 saturated carbocycles. The molecule has 0 saturated heterocycles. The van der Waals surface area contributed by atoms with Gasteiger partial charge in [0.2, 0.25) is 0 Å². The van der Waals surface area contributed by atoms with E-state index in [9.17, 15) is 4.79 Å². The van der Waals surface area contributed by atoms with Crippen molar-refractivity contribution >= 4 is 5.78 Å². The predicted octanol–water partition coefficient (Wildman–Crippen LogP) is 3.41. The van der Waals surface area contributed by atoms with Crippen LogP contribution in [0, 0.1) is 0 Å². The van der Waals surface area contributed by atoms with E-state index in [0.717, 1.165) is 31.3 Å². The Morgan fingerprint density at radius 2 is 1.85 bits per heavy atom. The van der Waals surface area contributed by atoms with E-state index in [1.165, 1.54) is 5.57 Å². The molecule has 1 aliphatic carbocycles. The molecular weight excluding hydrogens is 160 g/mol. The van der Waals surface area contributed by atoms with Crippen LogP contribution in [0.1, 0.15) is 46.0 Å². The zero-order valence-corrected chi connectivity index (χ0v) is 8.60. The van der Waals surface area contributed by atoms with Crippen molar-refractivity contribution in [1.29, 1.82) is 0 Å². The molecule has 0 aromatic rings. The van der Waals surface area contributed by atoms with Crippen LogP contribution in [0.3, 0.4) is 0 Å². The van der Waals surface area contributed by atoms with Gasteiger partial charge in [-0.05, 0) is 45.1 Å². The summed E-state index contributed by atoms with van der Waals surface area (Å²) in [5, 5.41) is 0. The third-order valence-corrected chi connectivity index (χ3v) is 2.53. The van der Waals surface area contributed by atoms with Gasteiger partial charge >= 0.3 is 0 Å². The monoisotopic (exact) mass is 178 g/mol. The van der Waals surface area contributed by atoms with Crippen LogP contribution in [0.15, 0.2) is 23.3 Å². The number of hydrogen-bond donors (Lipinski definition) is 0. The standard InChI is InChI=1S/C12H18O/c1-10-6-3-4-9-12(13)11(2)8-5-7-10/h6,8H,3-5,7,9H2,1-2H3/b10-6+,11-8+. The normalized spacial score (nSPS) is 28.6. The van der Waals surface area contributed by atoms with E-state index in [1.54, 1.807) is 0 Å². The van der Waals surface area contributed by atoms with Gasteiger partial charge in [-0.25, -0.2) is 0 Å². The Kier molecular flexibility index (Phi) is 3.94. The zero-order chi connectivity index (χ0) is 9.68. The smallest absolute Gasteiger partial charge is 0.158 e. The van der Waals surface area contributed by atoms with Crippen molar-refractivity contribution in [2.75, 3.05) is 0 Å². The summed E-state index contributed by atoms with van der Waals surface area (Å²) in [7, 11) is 0. The number of carbonyl (C=O) groups is 1. The van der Waals surface area contributed by atoms with E-state index in [2.05, 4.69) is 19.1 Å². The van der Waals surface area contributed by atoms with Crippen molar-refractivity contribution in [3.63, 3.8) is 0 Å². The minimum absolute atomic E-state index is 0.327. The van der Waals surface area contributed by atoms with Crippen LogP contribution < -0.4 is 0 Å². The number of allylic oxidation sites excluding steroid dienone is 4. The average Bonchev–Trinajstić information content (AvgIpc) is 2.11. The molecule has 72 valence electrons. The van der Waals surface area contributed by atoms with Gasteiger partial charge in [0.15, 0.2) is 5.78 Å². The summed E-state index contributed by atoms with van der Waals surface area (Å²) in [5.41, 5.74) is 2.41. The molecule has 0 aliphatic heterocycles. The molecule has 1 rings (SSSR count). The number of Topliss-reactive ketones (excluding diaryl/α,β-unsaturated/α-hetero) is 1. The van der Waals surface area contributed by atoms with Crippen molar-refractivity contribution < 1.29 is 4.79 Å². The highest BCUT2D eigenvalue weighted by molar-refractivity contribution is 5.94. The molecule has 0 bridgehead atoms. The molecule has 0 spiro atoms. The summed E-state index contributed by atoms with van der Waals surface area (Å²) >= 11 is 0. The molecule has 1 nitrogen and oxygen atoms in total. The second-order valence-corrected chi connectivity index (χ2v) is 3.79. The highest BCUT2D eigenvalue weighted by atomic mass is 16.1. The Bertz CT molecular complexity index is 246. The maximum Gasteiger partial charge on any atom is 0.158 e. The van der Waals surface area contributed by atoms with E-state index in [1.807, 2.05) is 6.92 Å². The van der Waals surface area contributed by atoms with E-state index in [0.29, 0.717) is 12.2 Å². The fourth-order valence-corrected chi connectivity index (χ4v) is 1.54. The molecule has 0 atom stereocenters. The first kappa shape index (κ1) is 10.2. The van der Waals surface area contributed by atoms with Crippen molar-refractivity contribution in [3.05, 3.63) is 23.3 Å². The van der Waals surface area contributed by atoms with Gasteiger partial charge in [-0.1, -0.05) is 17.7 Å². The van der Waals surface area contributed by atoms with Crippen molar-refractivity contribution in [2.24, 2.45) is 0 Å². The fourth-order valence-electron chi connectivity index (χ4n) is 1.54. The van der Waals surface area contributed by atoms with Crippen LogP contribution in [0.5, 0.6) is 0 Å². The summed E-state index contributed by atoms with van der Waals surface area (Å²) in [6.07, 6.45) is 9.23. The second-order valence-electron chi connectivity index (χ2n) is 3.79. The first-order chi connectivity index (χ1) is 6.20. The largest absolute Gasteiger partial charge is 0.295 e. The van der Waals surface area contributed by atoms with Gasteiger partial charge in [0.05, 0.1) is 0 Å². The van der Waals surface area contributed by atoms with Crippen LogP contribution in [0.2, 0.25) is 0 Å². The van der Waals surface area contributed by atoms with Crippen LogP contribution in [0.25, 0.3) is 0 Å². The number of ketones is 1. The Labute approximate surface area is 80.5 Å². The van der Waals surface area contributed by atoms with Gasteiger partial charge in [0.25, 0.3) is 0 Å². The quantitative estimate of drug-likeness (QED) is 0.519. The number of rotatable bonds is 0. The predicted molar refractivity (Wildman–Crippen MR) is 55.6 cm³/mol. The van der Waals surface area contributed by atoms with Gasteiger partial charge in [-0.3, -0.25) is 4.79 Å². The van der Waals surface area contributed by atoms with E-state index in [4.69, 9.17) is 0 Å². The first-order valence-corrected chi connectivity index (χ1v) is 5.06. The van der Waals surface area contributed by atoms with Crippen molar-refractivity contribution in [3.8, 4) is 0 Å². The Morgan fingerprint density at radius 1 is 1.08 bits per heavy atom. The summed E-state index contributed by atoms with van der Waals surface area (Å²) in [5.74, 6) is 0.327. The van der Waals surface area contributed by atoms with Crippen LogP contribution >= 0.6 is 0 Å². The van der Waals surface area contributed by atoms with Gasteiger partial charge < -0.3 is 0 Å². The van der Waals surface area contributed by atoms with E-state index >= 15 is 0 Å². The first-order valence-electron chi connectivity index (χ1n) is 5.06. The summed E-state index contributed by atoms with van der Waals surface area (Å²) in [6, 6.07) is 0. The molecule has 0 N–H and O–H groups in total. The lowest BCUT2D eigenvalue weighted by Crippen LogP contribution is -2.00. The SMILES string of the molecule is C/C1=C\CCCC(=O)/C(C)=C/CC1. The third-order valence-electron chi connectivity index (χ3n) is 2.53. The summed E-state index contributed by atoms with van der Waals surface area (Å²) in [6.45, 7) is 4.11. The molecular formula is C12H18O. The van der Waals surface area contributed by atoms with Gasteiger partial charge in [0.1, 0.15) is 0 Å². The molecule has 0 radical (unpaired) electrons. The molecule has 0 unspecified atom stereocenters. The van der Waals surface area contributed by atoms with E-state index < -0.39 is 0 Å². The summed E-state index contributed by atoms with van der Waals surface area (Å²) < 4.78 is 0. The highest BCUT2D eigenvalue weighted by Crippen LogP contribution is 2.13. The number of carbonyl (C=O) groups excluding carboxylic acids is 1. The third kappa shape index (κ3) is 3.58. The molecule has 13 heavy (non-hydrogen) atoms. The molecule has 0 fully saturated rings. The van der Waals surface area contributed by atoms with Crippen molar-refractivity contribution in [2.45, 2.75) is 46.0 Å². The zero-order valence-electron chi connectivity index (χ0n) is 8.60. The molecule has 1 aliphatic rings. The van der Waals surface area contributed by atoms with Crippen molar-refractivity contribution in [1.82, 2.24) is 0 Å². The average molecular weight is 178 g/mol. The van der Waals surface area contributed by atoms with Crippen LogP contribution in [-0.4, -0.2) is 5.78 Å². The second kappa shape index (κ2) is 5.00. The molecule has 0 aromatic heterocycles. The Morgan fingerprint density at radius 3 is 2.62 bits per heavy atom. The van der Waals surface area contributed by atoms with E-state index in [-0.39, 0.29) is 0 Å². The molecule has 0 heterocycles. The molecule has 0 amide bonds. The highest BCUT2D eigenvalue weighted by Gasteiger charge is 2.04. The molecule has 0 aromatic carbocycles. The van der Waals surface area contributed by atoms with Crippen LogP contribution in [0.4, 0.5) is 0 Å². The minimum atomic E-state index is 0.327. The molecule has 1 heteroatoms. The lowest BCUT2D eigenvalue weighted by Gasteiger charge is -2.04. The lowest BCUT2D eigenvalue weighted by molar-refractivity contribution is -0.115. The van der Waals surface area contributed by atoms with Gasteiger partial charge in [-0.15, -0.1) is 0 Å².